The molecule has 226 valence electrons. The topological polar surface area (TPSA) is 31.8 Å². The molecule has 0 saturated carbocycles. The molecule has 2 aliphatic heterocycles. The van der Waals surface area contributed by atoms with Crippen molar-refractivity contribution in [3.63, 3.8) is 0 Å². The van der Waals surface area contributed by atoms with Gasteiger partial charge in [-0.3, -0.25) is 4.90 Å². The molecular weight excluding hydrogens is 564 g/mol. The molecule has 0 radical (unpaired) electrons. The van der Waals surface area contributed by atoms with Gasteiger partial charge >= 0.3 is 0 Å². The van der Waals surface area contributed by atoms with Crippen molar-refractivity contribution in [3.8, 4) is 33.8 Å². The lowest BCUT2D eigenvalue weighted by atomic mass is 9.87. The van der Waals surface area contributed by atoms with E-state index in [1.165, 1.54) is 10.5 Å². The smallest absolute Gasteiger partial charge is 0.137 e. The molecule has 0 saturated heterocycles. The van der Waals surface area contributed by atoms with Crippen molar-refractivity contribution >= 4 is 34.3 Å². The lowest BCUT2D eigenvalue weighted by Gasteiger charge is -2.28. The quantitative estimate of drug-likeness (QED) is 0.200. The summed E-state index contributed by atoms with van der Waals surface area (Å²) in [4.78, 5) is 10.6. The molecule has 0 spiro atoms. The van der Waals surface area contributed by atoms with E-state index < -0.39 is 6.98 Å². The summed E-state index contributed by atoms with van der Waals surface area (Å²) >= 11 is 0. The molecule has 0 atom stereocenters. The summed E-state index contributed by atoms with van der Waals surface area (Å²) < 4.78 is 30.9. The summed E-state index contributed by atoms with van der Waals surface area (Å²) in [6.45, 7) is 4.60. The third-order valence-corrected chi connectivity index (χ3v) is 8.81. The summed E-state index contributed by atoms with van der Waals surface area (Å²) in [5.41, 5.74) is 10.0. The molecule has 0 N–H and O–H groups in total. The predicted molar refractivity (Wildman–Crippen MR) is 190 cm³/mol. The van der Waals surface area contributed by atoms with Crippen molar-refractivity contribution in [3.05, 3.63) is 139 Å². The Hall–Kier alpha value is -5.55. The van der Waals surface area contributed by atoms with Gasteiger partial charge in [0.1, 0.15) is 17.3 Å². The maximum atomic E-state index is 8.11. The second-order valence-corrected chi connectivity index (χ2v) is 12.8. The summed E-state index contributed by atoms with van der Waals surface area (Å²) in [6, 6.07) is 42.9. The van der Waals surface area contributed by atoms with Crippen LogP contribution in [0.4, 0.5) is 34.3 Å². The highest BCUT2D eigenvalue weighted by Crippen LogP contribution is 2.51. The Morgan fingerprint density at radius 3 is 2.07 bits per heavy atom. The largest absolute Gasteiger partial charge is 0.457 e. The maximum absolute atomic E-state index is 8.11. The second-order valence-electron chi connectivity index (χ2n) is 12.8. The molecule has 6 aromatic rings. The van der Waals surface area contributed by atoms with E-state index in [4.69, 9.17) is 13.8 Å². The Labute approximate surface area is 275 Å². The molecule has 8 rings (SSSR count). The van der Waals surface area contributed by atoms with Crippen molar-refractivity contribution in [2.45, 2.75) is 26.2 Å². The van der Waals surface area contributed by atoms with Crippen LogP contribution in [0.5, 0.6) is 11.5 Å². The summed E-state index contributed by atoms with van der Waals surface area (Å²) in [5, 5.41) is 0. The third kappa shape index (κ3) is 4.76. The van der Waals surface area contributed by atoms with Gasteiger partial charge in [-0.05, 0) is 76.7 Å². The van der Waals surface area contributed by atoms with E-state index in [1.54, 1.807) is 0 Å². The highest BCUT2D eigenvalue weighted by Gasteiger charge is 2.28. The molecule has 5 heteroatoms. The molecule has 46 heavy (non-hydrogen) atoms. The average Bonchev–Trinajstić information content (AvgIpc) is 3.44. The molecule has 5 nitrogen and oxygen atoms in total. The van der Waals surface area contributed by atoms with Crippen molar-refractivity contribution < 1.29 is 8.85 Å². The first kappa shape index (κ1) is 24.7. The van der Waals surface area contributed by atoms with Crippen molar-refractivity contribution in [2.24, 2.45) is 0 Å². The molecule has 0 bridgehead atoms. The van der Waals surface area contributed by atoms with Gasteiger partial charge in [0.15, 0.2) is 0 Å². The minimum Gasteiger partial charge on any atom is -0.457 e. The fourth-order valence-electron chi connectivity index (χ4n) is 6.51. The van der Waals surface area contributed by atoms with Gasteiger partial charge < -0.3 is 14.5 Å². The predicted octanol–water partition coefficient (Wildman–Crippen LogP) is 10.8. The number of aromatic nitrogens is 1. The number of para-hydroxylation sites is 3. The van der Waals surface area contributed by atoms with Crippen LogP contribution in [0, 0.1) is 0 Å². The van der Waals surface area contributed by atoms with Crippen LogP contribution in [0.15, 0.2) is 134 Å². The maximum Gasteiger partial charge on any atom is 0.137 e. The van der Waals surface area contributed by atoms with Gasteiger partial charge in [-0.2, -0.15) is 0 Å². The van der Waals surface area contributed by atoms with Crippen molar-refractivity contribution in [2.75, 3.05) is 28.3 Å². The lowest BCUT2D eigenvalue weighted by molar-refractivity contribution is 0.483. The first-order valence-corrected chi connectivity index (χ1v) is 15.6. The molecule has 0 fully saturated rings. The second kappa shape index (κ2) is 10.8. The number of anilines is 6. The highest BCUT2D eigenvalue weighted by atomic mass is 16.5. The number of pyridine rings is 1. The van der Waals surface area contributed by atoms with Crippen molar-refractivity contribution in [1.29, 1.82) is 0 Å². The zero-order valence-electron chi connectivity index (χ0n) is 29.1. The number of hydrogen-bond donors (Lipinski definition) is 0. The van der Waals surface area contributed by atoms with E-state index in [1.807, 2.05) is 65.7 Å². The van der Waals surface area contributed by atoms with Gasteiger partial charge in [0.25, 0.3) is 0 Å². The summed E-state index contributed by atoms with van der Waals surface area (Å²) in [5.74, 6) is 2.16. The van der Waals surface area contributed by atoms with Crippen LogP contribution in [0.2, 0.25) is 0 Å². The summed E-state index contributed by atoms with van der Waals surface area (Å²) in [6.07, 6.45) is 1.89. The number of rotatable bonds is 4. The Morgan fingerprint density at radius 2 is 1.30 bits per heavy atom. The fraction of sp³-hybridized carbons (Fsp3) is 0.146. The summed E-state index contributed by atoms with van der Waals surface area (Å²) in [7, 11) is 0. The average molecular weight is 604 g/mol. The van der Waals surface area contributed by atoms with Gasteiger partial charge in [0.2, 0.25) is 0 Å². The normalized spacial score (nSPS) is 14.7. The van der Waals surface area contributed by atoms with E-state index in [-0.39, 0.29) is 12.1 Å². The minimum absolute atomic E-state index is 0.0544. The number of ether oxygens (including phenoxy) is 1. The molecule has 0 aliphatic carbocycles. The molecular formula is C41H36N4O. The molecule has 0 unspecified atom stereocenters. The van der Waals surface area contributed by atoms with Gasteiger partial charge in [-0.25, -0.2) is 4.98 Å². The first-order valence-electron chi connectivity index (χ1n) is 17.1. The van der Waals surface area contributed by atoms with Crippen LogP contribution in [-0.2, 0) is 5.41 Å². The van der Waals surface area contributed by atoms with E-state index in [0.717, 1.165) is 50.8 Å². The first-order chi connectivity index (χ1) is 23.6. The van der Waals surface area contributed by atoms with Crippen LogP contribution in [-0.4, -0.2) is 18.6 Å². The van der Waals surface area contributed by atoms with Crippen LogP contribution in [0.25, 0.3) is 22.3 Å². The van der Waals surface area contributed by atoms with Crippen LogP contribution >= 0.6 is 0 Å². The lowest BCUT2D eigenvalue weighted by Crippen LogP contribution is -2.23. The molecule has 5 aromatic carbocycles. The van der Waals surface area contributed by atoms with Crippen LogP contribution in [0.3, 0.4) is 0 Å². The highest BCUT2D eigenvalue weighted by molar-refractivity contribution is 6.02. The molecule has 2 aliphatic rings. The zero-order chi connectivity index (χ0) is 33.9. The van der Waals surface area contributed by atoms with Crippen LogP contribution < -0.4 is 19.4 Å². The Balaban J connectivity index is 1.23. The number of fused-ring (bicyclic) bond motifs is 6. The number of hydrogen-bond acceptors (Lipinski definition) is 5. The van der Waals surface area contributed by atoms with Gasteiger partial charge in [0, 0.05) is 46.2 Å². The minimum atomic E-state index is -2.26. The standard InChI is InChI=1S/C41H36N4O/c1-41(2,3)28-22-23-42-40(24-28)45-36-17-8-7-16-34(36)32-14-5-6-15-33(32)35-21-20-31(26-39(35)45)46-30-13-11-12-29(25-30)44-27-43(4)37-18-9-10-19-38(37)44/h5-26H,27H2,1-4H3/i4D3. The van der Waals surface area contributed by atoms with Crippen molar-refractivity contribution in [1.82, 2.24) is 4.98 Å². The fourth-order valence-corrected chi connectivity index (χ4v) is 6.51. The molecule has 1 aromatic heterocycles. The SMILES string of the molecule is [2H]C([2H])([2H])N1CN(c2cccc(Oc3ccc4c(c3)N(c3cc(C(C)(C)C)ccn3)c3ccccc3-c3ccccc3-4)c2)c2ccccc21. The third-order valence-electron chi connectivity index (χ3n) is 8.81. The van der Waals surface area contributed by atoms with E-state index >= 15 is 0 Å². The van der Waals surface area contributed by atoms with Crippen LogP contribution in [0.1, 0.15) is 30.4 Å². The van der Waals surface area contributed by atoms with Gasteiger partial charge in [-0.15, -0.1) is 0 Å². The van der Waals surface area contributed by atoms with E-state index in [0.29, 0.717) is 17.2 Å². The van der Waals surface area contributed by atoms with Gasteiger partial charge in [0.05, 0.1) is 29.4 Å². The zero-order valence-corrected chi connectivity index (χ0v) is 26.1. The van der Waals surface area contributed by atoms with E-state index in [9.17, 15) is 0 Å². The molecule has 3 heterocycles. The number of nitrogens with zero attached hydrogens (tertiary/aromatic N) is 4. The Morgan fingerprint density at radius 1 is 0.630 bits per heavy atom. The van der Waals surface area contributed by atoms with E-state index in [2.05, 4.69) is 98.5 Å². The number of benzene rings is 5. The Bertz CT molecular complexity index is 2210. The molecule has 0 amide bonds. The Kier molecular flexibility index (Phi) is 5.81. The van der Waals surface area contributed by atoms with Gasteiger partial charge in [-0.1, -0.05) is 81.4 Å². The monoisotopic (exact) mass is 603 g/mol.